The van der Waals surface area contributed by atoms with Crippen LogP contribution in [0.15, 0.2) is 5.38 Å². The van der Waals surface area contributed by atoms with Gasteiger partial charge in [-0.05, 0) is 38.6 Å². The molecule has 1 unspecified atom stereocenters. The first-order valence-corrected chi connectivity index (χ1v) is 6.84. The smallest absolute Gasteiger partial charge is 0.110 e. The molecule has 84 valence electrons. The Bertz CT molecular complexity index is 304. The van der Waals surface area contributed by atoms with Crippen LogP contribution in [0.3, 0.4) is 0 Å². The van der Waals surface area contributed by atoms with Crippen molar-refractivity contribution in [1.29, 1.82) is 0 Å². The average Bonchev–Trinajstić information content (AvgIpc) is 2.56. The Kier molecular flexibility index (Phi) is 3.76. The van der Waals surface area contributed by atoms with E-state index in [-0.39, 0.29) is 0 Å². The molecule has 2 nitrogen and oxygen atoms in total. The summed E-state index contributed by atoms with van der Waals surface area (Å²) in [5, 5.41) is 7.11. The van der Waals surface area contributed by atoms with E-state index < -0.39 is 0 Å². The largest absolute Gasteiger partial charge is 0.308 e. The third kappa shape index (κ3) is 2.58. The van der Waals surface area contributed by atoms with Gasteiger partial charge in [-0.2, -0.15) is 0 Å². The Balaban J connectivity index is 2.03. The van der Waals surface area contributed by atoms with Crippen molar-refractivity contribution in [2.45, 2.75) is 45.6 Å². The highest BCUT2D eigenvalue weighted by Crippen LogP contribution is 2.38. The number of rotatable bonds is 5. The molecule has 1 aliphatic rings. The summed E-state index contributed by atoms with van der Waals surface area (Å²) in [6.45, 7) is 5.41. The Morgan fingerprint density at radius 1 is 1.60 bits per heavy atom. The van der Waals surface area contributed by atoms with Crippen LogP contribution in [0.5, 0.6) is 0 Å². The summed E-state index contributed by atoms with van der Waals surface area (Å²) in [4.78, 5) is 4.62. The van der Waals surface area contributed by atoms with Crippen LogP contribution in [0.2, 0.25) is 0 Å². The van der Waals surface area contributed by atoms with Crippen LogP contribution in [0, 0.1) is 12.8 Å². The second-order valence-corrected chi connectivity index (χ2v) is 5.34. The summed E-state index contributed by atoms with van der Waals surface area (Å²) in [5.41, 5.74) is 1.16. The molecule has 1 aromatic heterocycles. The predicted molar refractivity (Wildman–Crippen MR) is 65.2 cm³/mol. The lowest BCUT2D eigenvalue weighted by molar-refractivity contribution is 0.230. The van der Waals surface area contributed by atoms with Crippen LogP contribution in [0.1, 0.15) is 49.4 Å². The number of aryl methyl sites for hydroxylation is 1. The molecular formula is C12H20N2S. The topological polar surface area (TPSA) is 24.9 Å². The van der Waals surface area contributed by atoms with Gasteiger partial charge in [0.15, 0.2) is 0 Å². The molecule has 1 saturated carbocycles. The van der Waals surface area contributed by atoms with Crippen molar-refractivity contribution in [2.75, 3.05) is 6.54 Å². The van der Waals surface area contributed by atoms with Crippen LogP contribution in [-0.4, -0.2) is 11.5 Å². The van der Waals surface area contributed by atoms with Gasteiger partial charge < -0.3 is 5.32 Å². The summed E-state index contributed by atoms with van der Waals surface area (Å²) in [6.07, 6.45) is 5.35. The normalized spacial score (nSPS) is 18.8. The maximum Gasteiger partial charge on any atom is 0.110 e. The van der Waals surface area contributed by atoms with E-state index in [9.17, 15) is 0 Å². The molecule has 1 aromatic rings. The molecule has 3 heteroatoms. The molecule has 0 saturated heterocycles. The molecule has 15 heavy (non-hydrogen) atoms. The zero-order valence-electron chi connectivity index (χ0n) is 9.62. The molecular weight excluding hydrogens is 204 g/mol. The second kappa shape index (κ2) is 5.08. The third-order valence-electron chi connectivity index (χ3n) is 3.14. The molecule has 0 spiro atoms. The Labute approximate surface area is 96.1 Å². The molecule has 0 aromatic carbocycles. The number of hydrogen-bond acceptors (Lipinski definition) is 3. The highest BCUT2D eigenvalue weighted by molar-refractivity contribution is 7.09. The monoisotopic (exact) mass is 224 g/mol. The second-order valence-electron chi connectivity index (χ2n) is 4.45. The Hall–Kier alpha value is -0.410. The zero-order chi connectivity index (χ0) is 10.7. The van der Waals surface area contributed by atoms with Gasteiger partial charge in [0, 0.05) is 11.1 Å². The van der Waals surface area contributed by atoms with Gasteiger partial charge in [0.2, 0.25) is 0 Å². The average molecular weight is 224 g/mol. The van der Waals surface area contributed by atoms with E-state index in [1.54, 1.807) is 0 Å². The minimum atomic E-state index is 0.525. The first kappa shape index (κ1) is 11.1. The van der Waals surface area contributed by atoms with Gasteiger partial charge >= 0.3 is 0 Å². The number of aromatic nitrogens is 1. The van der Waals surface area contributed by atoms with Crippen LogP contribution in [0.25, 0.3) is 0 Å². The first-order valence-electron chi connectivity index (χ1n) is 5.96. The van der Waals surface area contributed by atoms with E-state index in [2.05, 4.69) is 29.5 Å². The van der Waals surface area contributed by atoms with Crippen molar-refractivity contribution in [2.24, 2.45) is 5.92 Å². The number of nitrogens with zero attached hydrogens (tertiary/aromatic N) is 1. The lowest BCUT2D eigenvalue weighted by Gasteiger charge is -2.33. The van der Waals surface area contributed by atoms with Crippen LogP contribution in [-0.2, 0) is 0 Å². The summed E-state index contributed by atoms with van der Waals surface area (Å²) >= 11 is 1.81. The van der Waals surface area contributed by atoms with Crippen molar-refractivity contribution in [3.05, 3.63) is 16.1 Å². The van der Waals surface area contributed by atoms with Crippen molar-refractivity contribution in [3.8, 4) is 0 Å². The van der Waals surface area contributed by atoms with E-state index in [1.807, 2.05) is 11.3 Å². The number of thiazole rings is 1. The van der Waals surface area contributed by atoms with E-state index in [1.165, 1.54) is 30.7 Å². The van der Waals surface area contributed by atoms with Crippen LogP contribution >= 0.6 is 11.3 Å². The predicted octanol–water partition coefficient (Wildman–Crippen LogP) is 3.29. The minimum Gasteiger partial charge on any atom is -0.308 e. The van der Waals surface area contributed by atoms with E-state index in [0.717, 1.165) is 18.2 Å². The van der Waals surface area contributed by atoms with Crippen LogP contribution in [0.4, 0.5) is 0 Å². The van der Waals surface area contributed by atoms with Crippen molar-refractivity contribution >= 4 is 11.3 Å². The molecule has 0 bridgehead atoms. The molecule has 2 rings (SSSR count). The highest BCUT2D eigenvalue weighted by atomic mass is 32.1. The zero-order valence-corrected chi connectivity index (χ0v) is 10.4. The van der Waals surface area contributed by atoms with Crippen molar-refractivity contribution in [1.82, 2.24) is 10.3 Å². The van der Waals surface area contributed by atoms with Crippen molar-refractivity contribution in [3.63, 3.8) is 0 Å². The van der Waals surface area contributed by atoms with Gasteiger partial charge in [-0.25, -0.2) is 4.98 Å². The first-order chi connectivity index (χ1) is 7.31. The lowest BCUT2D eigenvalue weighted by Crippen LogP contribution is -2.32. The maximum atomic E-state index is 4.62. The fourth-order valence-corrected chi connectivity index (χ4v) is 3.01. The van der Waals surface area contributed by atoms with Crippen LogP contribution < -0.4 is 5.32 Å². The standard InChI is InChI=1S/C12H20N2S/c1-3-7-13-11(10-5-4-6-10)12-14-9(2)8-15-12/h8,10-11,13H,3-7H2,1-2H3. The fraction of sp³-hybridized carbons (Fsp3) is 0.750. The SMILES string of the molecule is CCCNC(c1nc(C)cs1)C1CCC1. The van der Waals surface area contributed by atoms with E-state index >= 15 is 0 Å². The van der Waals surface area contributed by atoms with Gasteiger partial charge in [-0.3, -0.25) is 0 Å². The van der Waals surface area contributed by atoms with Gasteiger partial charge in [-0.1, -0.05) is 13.3 Å². The Morgan fingerprint density at radius 3 is 2.87 bits per heavy atom. The summed E-state index contributed by atoms with van der Waals surface area (Å²) in [6, 6.07) is 0.525. The molecule has 0 radical (unpaired) electrons. The molecule has 1 N–H and O–H groups in total. The molecule has 1 atom stereocenters. The third-order valence-corrected chi connectivity index (χ3v) is 4.18. The van der Waals surface area contributed by atoms with Gasteiger partial charge in [0.1, 0.15) is 5.01 Å². The Morgan fingerprint density at radius 2 is 2.40 bits per heavy atom. The molecule has 0 amide bonds. The van der Waals surface area contributed by atoms with E-state index in [4.69, 9.17) is 0 Å². The minimum absolute atomic E-state index is 0.525. The summed E-state index contributed by atoms with van der Waals surface area (Å²) < 4.78 is 0. The number of nitrogens with one attached hydrogen (secondary N) is 1. The molecule has 1 fully saturated rings. The summed E-state index contributed by atoms with van der Waals surface area (Å²) in [5.74, 6) is 0.835. The summed E-state index contributed by atoms with van der Waals surface area (Å²) in [7, 11) is 0. The van der Waals surface area contributed by atoms with E-state index in [0.29, 0.717) is 6.04 Å². The maximum absolute atomic E-state index is 4.62. The molecule has 0 aliphatic heterocycles. The quantitative estimate of drug-likeness (QED) is 0.830. The van der Waals surface area contributed by atoms with Gasteiger partial charge in [0.05, 0.1) is 6.04 Å². The number of hydrogen-bond donors (Lipinski definition) is 1. The van der Waals surface area contributed by atoms with Gasteiger partial charge in [0.25, 0.3) is 0 Å². The lowest BCUT2D eigenvalue weighted by atomic mass is 9.80. The van der Waals surface area contributed by atoms with Gasteiger partial charge in [-0.15, -0.1) is 11.3 Å². The fourth-order valence-electron chi connectivity index (χ4n) is 2.04. The molecule has 1 heterocycles. The molecule has 1 aliphatic carbocycles. The van der Waals surface area contributed by atoms with Crippen molar-refractivity contribution < 1.29 is 0 Å². The highest BCUT2D eigenvalue weighted by Gasteiger charge is 2.29.